The molecular formula is C14H23N3O2. The van der Waals surface area contributed by atoms with Gasteiger partial charge in [0.1, 0.15) is 5.75 Å². The van der Waals surface area contributed by atoms with Crippen LogP contribution in [0.1, 0.15) is 22.3 Å². The molecule has 1 unspecified atom stereocenters. The number of aryl methyl sites for hydroxylation is 1. The van der Waals surface area contributed by atoms with E-state index in [1.165, 1.54) is 7.05 Å². The second-order valence-corrected chi connectivity index (χ2v) is 4.88. The van der Waals surface area contributed by atoms with Gasteiger partial charge in [-0.3, -0.25) is 9.80 Å². The molecule has 0 saturated carbocycles. The fraction of sp³-hybridized carbons (Fsp3) is 0.500. The summed E-state index contributed by atoms with van der Waals surface area (Å²) < 4.78 is 5.33. The Kier molecular flexibility index (Phi) is 4.91. The predicted molar refractivity (Wildman–Crippen MR) is 75.8 cm³/mol. The Bertz CT molecular complexity index is 484. The van der Waals surface area contributed by atoms with Crippen molar-refractivity contribution in [3.05, 3.63) is 28.3 Å². The zero-order chi connectivity index (χ0) is 14.7. The number of amides is 1. The number of hydrazine groups is 1. The second kappa shape index (κ2) is 6.04. The van der Waals surface area contributed by atoms with Crippen molar-refractivity contribution in [3.8, 4) is 5.75 Å². The number of hydrogen-bond donors (Lipinski definition) is 2. The van der Waals surface area contributed by atoms with Gasteiger partial charge in [0.15, 0.2) is 0 Å². The third-order valence-corrected chi connectivity index (χ3v) is 3.52. The first kappa shape index (κ1) is 15.5. The molecule has 0 bridgehead atoms. The molecule has 1 rings (SSSR count). The highest BCUT2D eigenvalue weighted by Crippen LogP contribution is 2.28. The number of nitrogens with zero attached hydrogens (tertiary/aromatic N) is 1. The number of rotatable bonds is 4. The predicted octanol–water partition coefficient (Wildman–Crippen LogP) is 0.822. The lowest BCUT2D eigenvalue weighted by atomic mass is 9.92. The average molecular weight is 265 g/mol. The van der Waals surface area contributed by atoms with E-state index in [1.807, 2.05) is 26.8 Å². The van der Waals surface area contributed by atoms with Crippen LogP contribution in [0.3, 0.4) is 0 Å². The smallest absolute Gasteiger partial charge is 0.253 e. The van der Waals surface area contributed by atoms with Gasteiger partial charge in [0.25, 0.3) is 5.91 Å². The first-order valence-corrected chi connectivity index (χ1v) is 6.21. The largest absolute Gasteiger partial charge is 0.496 e. The van der Waals surface area contributed by atoms with Gasteiger partial charge in [-0.1, -0.05) is 0 Å². The van der Waals surface area contributed by atoms with E-state index in [4.69, 9.17) is 16.3 Å². The summed E-state index contributed by atoms with van der Waals surface area (Å²) in [6, 6.07) is 1.35. The normalized spacial score (nSPS) is 12.2. The molecule has 1 atom stereocenters. The number of nitrogens with two attached hydrogens (primary N) is 2. The highest BCUT2D eigenvalue weighted by Gasteiger charge is 2.20. The minimum atomic E-state index is -0.625. The lowest BCUT2D eigenvalue weighted by molar-refractivity contribution is -0.131. The monoisotopic (exact) mass is 265 g/mol. The van der Waals surface area contributed by atoms with E-state index in [0.29, 0.717) is 6.42 Å². The number of carbonyl (C=O) groups is 1. The van der Waals surface area contributed by atoms with Crippen LogP contribution in [0.2, 0.25) is 0 Å². The molecule has 5 nitrogen and oxygen atoms in total. The molecule has 1 aromatic carbocycles. The van der Waals surface area contributed by atoms with E-state index < -0.39 is 6.04 Å². The van der Waals surface area contributed by atoms with Gasteiger partial charge in [0.05, 0.1) is 13.2 Å². The van der Waals surface area contributed by atoms with Gasteiger partial charge in [-0.25, -0.2) is 5.84 Å². The molecule has 0 radical (unpaired) electrons. The van der Waals surface area contributed by atoms with Gasteiger partial charge < -0.3 is 10.5 Å². The van der Waals surface area contributed by atoms with Gasteiger partial charge >= 0.3 is 0 Å². The molecule has 0 aliphatic rings. The molecule has 0 spiro atoms. The first-order valence-electron chi connectivity index (χ1n) is 6.21. The van der Waals surface area contributed by atoms with Crippen molar-refractivity contribution in [3.63, 3.8) is 0 Å². The minimum absolute atomic E-state index is 0.271. The maximum atomic E-state index is 11.7. The molecule has 0 fully saturated rings. The molecular weight excluding hydrogens is 242 g/mol. The quantitative estimate of drug-likeness (QED) is 0.480. The van der Waals surface area contributed by atoms with Crippen LogP contribution >= 0.6 is 0 Å². The topological polar surface area (TPSA) is 81.6 Å². The summed E-state index contributed by atoms with van der Waals surface area (Å²) in [7, 11) is 3.15. The number of methoxy groups -OCH3 is 1. The van der Waals surface area contributed by atoms with E-state index in [0.717, 1.165) is 33.0 Å². The lowest BCUT2D eigenvalue weighted by Gasteiger charge is -2.20. The van der Waals surface area contributed by atoms with Gasteiger partial charge in [0.2, 0.25) is 0 Å². The molecule has 4 N–H and O–H groups in total. The summed E-state index contributed by atoms with van der Waals surface area (Å²) in [5.41, 5.74) is 10.2. The van der Waals surface area contributed by atoms with Crippen molar-refractivity contribution in [1.82, 2.24) is 5.01 Å². The van der Waals surface area contributed by atoms with Gasteiger partial charge in [-0.05, 0) is 55.5 Å². The second-order valence-electron chi connectivity index (χ2n) is 4.88. The maximum absolute atomic E-state index is 11.7. The Balaban J connectivity index is 3.09. The van der Waals surface area contributed by atoms with Crippen LogP contribution in [0.25, 0.3) is 0 Å². The van der Waals surface area contributed by atoms with E-state index in [9.17, 15) is 4.79 Å². The first-order chi connectivity index (χ1) is 8.79. The summed E-state index contributed by atoms with van der Waals surface area (Å²) in [4.78, 5) is 11.7. The molecule has 0 aromatic heterocycles. The third kappa shape index (κ3) is 3.24. The van der Waals surface area contributed by atoms with Gasteiger partial charge in [-0.15, -0.1) is 0 Å². The molecule has 0 aliphatic heterocycles. The van der Waals surface area contributed by atoms with E-state index >= 15 is 0 Å². The Morgan fingerprint density at radius 3 is 2.42 bits per heavy atom. The summed E-state index contributed by atoms with van der Waals surface area (Å²) >= 11 is 0. The fourth-order valence-electron chi connectivity index (χ4n) is 2.19. The molecule has 5 heteroatoms. The van der Waals surface area contributed by atoms with Crippen molar-refractivity contribution in [2.75, 3.05) is 14.2 Å². The Hall–Kier alpha value is -1.59. The Morgan fingerprint density at radius 2 is 1.95 bits per heavy atom. The molecule has 0 heterocycles. The average Bonchev–Trinajstić information content (AvgIpc) is 2.37. The minimum Gasteiger partial charge on any atom is -0.496 e. The van der Waals surface area contributed by atoms with Crippen LogP contribution in [0, 0.1) is 20.8 Å². The van der Waals surface area contributed by atoms with Crippen molar-refractivity contribution in [1.29, 1.82) is 0 Å². The Labute approximate surface area is 114 Å². The maximum Gasteiger partial charge on any atom is 0.253 e. The van der Waals surface area contributed by atoms with E-state index in [-0.39, 0.29) is 5.91 Å². The molecule has 1 amide bonds. The molecule has 1 aromatic rings. The van der Waals surface area contributed by atoms with Gasteiger partial charge in [-0.2, -0.15) is 0 Å². The number of likely N-dealkylation sites (N-methyl/N-ethyl adjacent to an activating group) is 1. The van der Waals surface area contributed by atoms with Crippen LogP contribution in [0.15, 0.2) is 6.07 Å². The van der Waals surface area contributed by atoms with E-state index in [1.54, 1.807) is 7.11 Å². The fourth-order valence-corrected chi connectivity index (χ4v) is 2.19. The van der Waals surface area contributed by atoms with Crippen LogP contribution in [0.4, 0.5) is 0 Å². The van der Waals surface area contributed by atoms with Crippen LogP contribution in [-0.2, 0) is 11.2 Å². The van der Waals surface area contributed by atoms with Gasteiger partial charge in [0, 0.05) is 7.05 Å². The SMILES string of the molecule is COc1cc(C)c(CC(N)C(=O)N(C)N)c(C)c1C. The van der Waals surface area contributed by atoms with Crippen molar-refractivity contribution >= 4 is 5.91 Å². The molecule has 106 valence electrons. The summed E-state index contributed by atoms with van der Waals surface area (Å²) in [6.07, 6.45) is 0.475. The standard InChI is InChI=1S/C14H23N3O2/c1-8-6-13(19-5)10(3)9(2)11(8)7-12(15)14(18)17(4)16/h6,12H,7,15-16H2,1-5H3. The number of ether oxygens (including phenoxy) is 1. The van der Waals surface area contributed by atoms with Crippen molar-refractivity contribution < 1.29 is 9.53 Å². The van der Waals surface area contributed by atoms with Crippen LogP contribution in [-0.4, -0.2) is 31.1 Å². The van der Waals surface area contributed by atoms with E-state index in [2.05, 4.69) is 0 Å². The number of benzene rings is 1. The third-order valence-electron chi connectivity index (χ3n) is 3.52. The number of hydrogen-bond acceptors (Lipinski definition) is 4. The highest BCUT2D eigenvalue weighted by atomic mass is 16.5. The Morgan fingerprint density at radius 1 is 1.37 bits per heavy atom. The van der Waals surface area contributed by atoms with Crippen molar-refractivity contribution in [2.24, 2.45) is 11.6 Å². The van der Waals surface area contributed by atoms with Crippen LogP contribution < -0.4 is 16.3 Å². The molecule has 19 heavy (non-hydrogen) atoms. The van der Waals surface area contributed by atoms with Crippen LogP contribution in [0.5, 0.6) is 5.75 Å². The zero-order valence-corrected chi connectivity index (χ0v) is 12.3. The molecule has 0 saturated heterocycles. The molecule has 0 aliphatic carbocycles. The highest BCUT2D eigenvalue weighted by molar-refractivity contribution is 5.81. The summed E-state index contributed by atoms with van der Waals surface area (Å²) in [5.74, 6) is 6.01. The summed E-state index contributed by atoms with van der Waals surface area (Å²) in [6.45, 7) is 6.01. The van der Waals surface area contributed by atoms with Crippen molar-refractivity contribution in [2.45, 2.75) is 33.2 Å². The summed E-state index contributed by atoms with van der Waals surface area (Å²) in [5, 5.41) is 1.03. The number of carbonyl (C=O) groups excluding carboxylic acids is 1. The lowest BCUT2D eigenvalue weighted by Crippen LogP contribution is -2.46. The zero-order valence-electron chi connectivity index (χ0n) is 12.3.